The normalized spacial score (nSPS) is 11.1. The molecule has 0 atom stereocenters. The molecule has 1 N–H and O–H groups in total. The number of fused-ring (bicyclic) bond motifs is 1. The molecule has 0 fully saturated rings. The third-order valence-corrected chi connectivity index (χ3v) is 2.36. The predicted molar refractivity (Wildman–Crippen MR) is 57.1 cm³/mol. The predicted octanol–water partition coefficient (Wildman–Crippen LogP) is 2.32. The average Bonchev–Trinajstić information content (AvgIpc) is 2.59. The Morgan fingerprint density at radius 1 is 1.53 bits per heavy atom. The van der Waals surface area contributed by atoms with Crippen molar-refractivity contribution in [2.45, 2.75) is 19.9 Å². The maximum Gasteiger partial charge on any atom is 0.337 e. The molecule has 0 aliphatic carbocycles. The van der Waals surface area contributed by atoms with Gasteiger partial charge in [-0.15, -0.1) is 0 Å². The Labute approximate surface area is 87.2 Å². The van der Waals surface area contributed by atoms with E-state index in [1.165, 1.54) is 6.20 Å². The third-order valence-electron chi connectivity index (χ3n) is 2.36. The fourth-order valence-electron chi connectivity index (χ4n) is 1.58. The first-order valence-electron chi connectivity index (χ1n) is 4.79. The first-order valence-corrected chi connectivity index (χ1v) is 4.79. The topological polar surface area (TPSA) is 55.1 Å². The highest BCUT2D eigenvalue weighted by atomic mass is 16.4. The fourth-order valence-corrected chi connectivity index (χ4v) is 1.58. The summed E-state index contributed by atoms with van der Waals surface area (Å²) < 4.78 is 2.01. The summed E-state index contributed by atoms with van der Waals surface area (Å²) in [6.45, 7) is 4.12. The van der Waals surface area contributed by atoms with Crippen LogP contribution in [0.5, 0.6) is 0 Å². The van der Waals surface area contributed by atoms with Crippen LogP contribution in [-0.4, -0.2) is 20.6 Å². The van der Waals surface area contributed by atoms with Crippen LogP contribution in [0, 0.1) is 0 Å². The number of carbonyl (C=O) groups is 1. The average molecular weight is 204 g/mol. The minimum atomic E-state index is -0.943. The monoisotopic (exact) mass is 204 g/mol. The maximum atomic E-state index is 10.7. The lowest BCUT2D eigenvalue weighted by atomic mass is 10.2. The number of carboxylic acid groups (broad SMARTS) is 1. The van der Waals surface area contributed by atoms with E-state index in [2.05, 4.69) is 18.8 Å². The summed E-state index contributed by atoms with van der Waals surface area (Å²) in [7, 11) is 0. The summed E-state index contributed by atoms with van der Waals surface area (Å²) in [5, 5.41) is 9.68. The van der Waals surface area contributed by atoms with Crippen molar-refractivity contribution in [3.63, 3.8) is 0 Å². The van der Waals surface area contributed by atoms with E-state index in [1.807, 2.05) is 16.8 Å². The van der Waals surface area contributed by atoms with Gasteiger partial charge < -0.3 is 9.67 Å². The molecule has 0 spiro atoms. The van der Waals surface area contributed by atoms with Crippen molar-refractivity contribution in [2.24, 2.45) is 0 Å². The molecule has 2 heterocycles. The van der Waals surface area contributed by atoms with E-state index in [9.17, 15) is 4.79 Å². The third kappa shape index (κ3) is 1.58. The second kappa shape index (κ2) is 3.38. The summed E-state index contributed by atoms with van der Waals surface area (Å²) in [5.74, 6) is -0.943. The highest BCUT2D eigenvalue weighted by Crippen LogP contribution is 2.18. The molecule has 4 nitrogen and oxygen atoms in total. The first kappa shape index (κ1) is 9.71. The van der Waals surface area contributed by atoms with Crippen LogP contribution in [0.25, 0.3) is 11.0 Å². The lowest BCUT2D eigenvalue weighted by Crippen LogP contribution is -2.01. The lowest BCUT2D eigenvalue weighted by Gasteiger charge is -2.07. The standard InChI is InChI=1S/C11H12N2O2/c1-7(2)13-4-3-8-5-9(11(14)15)6-12-10(8)13/h3-7H,1-2H3,(H,14,15). The summed E-state index contributed by atoms with van der Waals surface area (Å²) in [4.78, 5) is 14.9. The van der Waals surface area contributed by atoms with Crippen molar-refractivity contribution in [3.05, 3.63) is 30.1 Å². The van der Waals surface area contributed by atoms with Crippen LogP contribution >= 0.6 is 0 Å². The zero-order valence-electron chi connectivity index (χ0n) is 8.64. The molecule has 0 aromatic carbocycles. The van der Waals surface area contributed by atoms with Gasteiger partial charge in [0.05, 0.1) is 5.56 Å². The molecule has 0 amide bonds. The van der Waals surface area contributed by atoms with Gasteiger partial charge in [-0.25, -0.2) is 9.78 Å². The number of rotatable bonds is 2. The highest BCUT2D eigenvalue weighted by molar-refractivity contribution is 5.91. The molecule has 0 bridgehead atoms. The molecule has 4 heteroatoms. The molecule has 15 heavy (non-hydrogen) atoms. The maximum absolute atomic E-state index is 10.7. The summed E-state index contributed by atoms with van der Waals surface area (Å²) in [6, 6.07) is 3.85. The Hall–Kier alpha value is -1.84. The number of aromatic carboxylic acids is 1. The fraction of sp³-hybridized carbons (Fsp3) is 0.273. The minimum Gasteiger partial charge on any atom is -0.478 e. The Morgan fingerprint density at radius 3 is 2.87 bits per heavy atom. The number of hydrogen-bond acceptors (Lipinski definition) is 2. The van der Waals surface area contributed by atoms with Crippen molar-refractivity contribution in [1.82, 2.24) is 9.55 Å². The second-order valence-electron chi connectivity index (χ2n) is 3.76. The van der Waals surface area contributed by atoms with Gasteiger partial charge in [0.25, 0.3) is 0 Å². The number of nitrogens with zero attached hydrogens (tertiary/aromatic N) is 2. The Bertz CT molecular complexity index is 514. The molecule has 0 saturated heterocycles. The van der Waals surface area contributed by atoms with Crippen molar-refractivity contribution >= 4 is 17.0 Å². The summed E-state index contributed by atoms with van der Waals surface area (Å²) in [6.07, 6.45) is 3.32. The molecule has 78 valence electrons. The molecular formula is C11H12N2O2. The molecule has 0 unspecified atom stereocenters. The van der Waals surface area contributed by atoms with Crippen LogP contribution in [0.2, 0.25) is 0 Å². The van der Waals surface area contributed by atoms with E-state index < -0.39 is 5.97 Å². The van der Waals surface area contributed by atoms with Crippen LogP contribution in [0.1, 0.15) is 30.2 Å². The number of pyridine rings is 1. The van der Waals surface area contributed by atoms with E-state index in [1.54, 1.807) is 6.07 Å². The van der Waals surface area contributed by atoms with Gasteiger partial charge >= 0.3 is 5.97 Å². The van der Waals surface area contributed by atoms with Crippen molar-refractivity contribution in [2.75, 3.05) is 0 Å². The highest BCUT2D eigenvalue weighted by Gasteiger charge is 2.08. The van der Waals surface area contributed by atoms with E-state index >= 15 is 0 Å². The Balaban J connectivity index is 2.61. The summed E-state index contributed by atoms with van der Waals surface area (Å²) >= 11 is 0. The smallest absolute Gasteiger partial charge is 0.337 e. The molecule has 0 saturated carbocycles. The van der Waals surface area contributed by atoms with Gasteiger partial charge in [0.1, 0.15) is 5.65 Å². The van der Waals surface area contributed by atoms with Crippen molar-refractivity contribution in [1.29, 1.82) is 0 Å². The lowest BCUT2D eigenvalue weighted by molar-refractivity contribution is 0.0696. The molecule has 2 rings (SSSR count). The molecule has 0 aliphatic heterocycles. The van der Waals surface area contributed by atoms with E-state index in [4.69, 9.17) is 5.11 Å². The quantitative estimate of drug-likeness (QED) is 0.816. The molecule has 0 radical (unpaired) electrons. The van der Waals surface area contributed by atoms with E-state index in [0.717, 1.165) is 11.0 Å². The van der Waals surface area contributed by atoms with Gasteiger partial charge in [0.2, 0.25) is 0 Å². The summed E-state index contributed by atoms with van der Waals surface area (Å²) in [5.41, 5.74) is 1.05. The Morgan fingerprint density at radius 2 is 2.27 bits per heavy atom. The van der Waals surface area contributed by atoms with E-state index in [-0.39, 0.29) is 5.56 Å². The minimum absolute atomic E-state index is 0.226. The van der Waals surface area contributed by atoms with Crippen LogP contribution in [0.4, 0.5) is 0 Å². The number of hydrogen-bond donors (Lipinski definition) is 1. The van der Waals surface area contributed by atoms with Crippen molar-refractivity contribution in [3.8, 4) is 0 Å². The first-order chi connectivity index (χ1) is 7.09. The molecular weight excluding hydrogens is 192 g/mol. The van der Waals surface area contributed by atoms with Crippen LogP contribution in [-0.2, 0) is 0 Å². The van der Waals surface area contributed by atoms with Crippen LogP contribution in [0.3, 0.4) is 0 Å². The second-order valence-corrected chi connectivity index (χ2v) is 3.76. The van der Waals surface area contributed by atoms with Gasteiger partial charge in [0, 0.05) is 23.8 Å². The van der Waals surface area contributed by atoms with Gasteiger partial charge in [-0.3, -0.25) is 0 Å². The molecule has 0 aliphatic rings. The Kier molecular flexibility index (Phi) is 2.19. The van der Waals surface area contributed by atoms with Crippen LogP contribution < -0.4 is 0 Å². The number of aromatic nitrogens is 2. The van der Waals surface area contributed by atoms with E-state index in [0.29, 0.717) is 6.04 Å². The van der Waals surface area contributed by atoms with Gasteiger partial charge in [-0.2, -0.15) is 0 Å². The molecule has 2 aromatic rings. The van der Waals surface area contributed by atoms with Crippen LogP contribution in [0.15, 0.2) is 24.5 Å². The largest absolute Gasteiger partial charge is 0.478 e. The van der Waals surface area contributed by atoms with Gasteiger partial charge in [-0.05, 0) is 26.0 Å². The molecule has 2 aromatic heterocycles. The van der Waals surface area contributed by atoms with Gasteiger partial charge in [0.15, 0.2) is 0 Å². The van der Waals surface area contributed by atoms with Crippen molar-refractivity contribution < 1.29 is 9.90 Å². The number of carboxylic acids is 1. The SMILES string of the molecule is CC(C)n1ccc2cc(C(=O)O)cnc21. The zero-order valence-corrected chi connectivity index (χ0v) is 8.64. The van der Waals surface area contributed by atoms with Gasteiger partial charge in [-0.1, -0.05) is 0 Å². The zero-order chi connectivity index (χ0) is 11.0.